The largest absolute Gasteiger partial charge is 0.464 e. The molecular formula is C10H17N5O2. The minimum atomic E-state index is -0.204. The van der Waals surface area contributed by atoms with Gasteiger partial charge in [-0.2, -0.15) is 15.0 Å². The third-order valence-corrected chi connectivity index (χ3v) is 2.56. The van der Waals surface area contributed by atoms with Crippen molar-refractivity contribution in [1.29, 1.82) is 0 Å². The van der Waals surface area contributed by atoms with Crippen LogP contribution in [-0.2, 0) is 0 Å². The van der Waals surface area contributed by atoms with Gasteiger partial charge >= 0.3 is 6.01 Å². The first-order chi connectivity index (χ1) is 8.21. The number of nitrogens with one attached hydrogen (secondary N) is 2. The number of aliphatic hydroxyl groups is 1. The van der Waals surface area contributed by atoms with Gasteiger partial charge < -0.3 is 20.5 Å². The molecule has 0 spiro atoms. The lowest BCUT2D eigenvalue weighted by molar-refractivity contribution is 0.0834. The van der Waals surface area contributed by atoms with E-state index in [4.69, 9.17) is 4.74 Å². The van der Waals surface area contributed by atoms with Crippen molar-refractivity contribution >= 4 is 11.9 Å². The lowest BCUT2D eigenvalue weighted by Gasteiger charge is -2.31. The van der Waals surface area contributed by atoms with E-state index in [1.54, 1.807) is 7.05 Å². The van der Waals surface area contributed by atoms with Gasteiger partial charge in [-0.1, -0.05) is 0 Å². The SMILES string of the molecule is CCOc1nc(NC)nc(NC2CC(O)C2)n1. The molecule has 0 radical (unpaired) electrons. The average molecular weight is 239 g/mol. The van der Waals surface area contributed by atoms with Crippen molar-refractivity contribution in [3.05, 3.63) is 0 Å². The molecule has 1 saturated carbocycles. The zero-order valence-electron chi connectivity index (χ0n) is 9.97. The standard InChI is InChI=1S/C10H17N5O2/c1-3-17-10-14-8(11-2)13-9(15-10)12-6-4-7(16)5-6/h6-7,16H,3-5H2,1-2H3,(H2,11,12,13,14,15). The number of aliphatic hydroxyl groups excluding tert-OH is 1. The summed E-state index contributed by atoms with van der Waals surface area (Å²) in [4.78, 5) is 12.4. The van der Waals surface area contributed by atoms with Crippen LogP contribution in [0.4, 0.5) is 11.9 Å². The van der Waals surface area contributed by atoms with Crippen LogP contribution in [0, 0.1) is 0 Å². The Morgan fingerprint density at radius 3 is 2.59 bits per heavy atom. The number of aromatic nitrogens is 3. The zero-order valence-corrected chi connectivity index (χ0v) is 9.97. The molecule has 0 bridgehead atoms. The summed E-state index contributed by atoms with van der Waals surface area (Å²) in [5, 5.41) is 15.2. The monoisotopic (exact) mass is 239 g/mol. The molecule has 1 aliphatic carbocycles. The molecule has 1 aliphatic rings. The molecule has 7 nitrogen and oxygen atoms in total. The summed E-state index contributed by atoms with van der Waals surface area (Å²) in [7, 11) is 1.74. The summed E-state index contributed by atoms with van der Waals surface area (Å²) in [6.07, 6.45) is 1.25. The highest BCUT2D eigenvalue weighted by molar-refractivity contribution is 5.36. The van der Waals surface area contributed by atoms with Gasteiger partial charge in [0.15, 0.2) is 0 Å². The van der Waals surface area contributed by atoms with Crippen molar-refractivity contribution in [3.8, 4) is 6.01 Å². The summed E-state index contributed by atoms with van der Waals surface area (Å²) in [5.74, 6) is 0.940. The molecule has 0 amide bonds. The van der Waals surface area contributed by atoms with E-state index in [2.05, 4.69) is 25.6 Å². The molecule has 0 atom stereocenters. The van der Waals surface area contributed by atoms with Crippen molar-refractivity contribution in [1.82, 2.24) is 15.0 Å². The minimum Gasteiger partial charge on any atom is -0.464 e. The maximum Gasteiger partial charge on any atom is 0.323 e. The lowest BCUT2D eigenvalue weighted by Crippen LogP contribution is -2.39. The second-order valence-corrected chi connectivity index (χ2v) is 3.91. The zero-order chi connectivity index (χ0) is 12.3. The van der Waals surface area contributed by atoms with Crippen molar-refractivity contribution in [2.75, 3.05) is 24.3 Å². The van der Waals surface area contributed by atoms with Gasteiger partial charge in [-0.3, -0.25) is 0 Å². The molecule has 1 fully saturated rings. The second-order valence-electron chi connectivity index (χ2n) is 3.91. The maximum absolute atomic E-state index is 9.21. The molecule has 0 aliphatic heterocycles. The van der Waals surface area contributed by atoms with Crippen LogP contribution in [0.2, 0.25) is 0 Å². The van der Waals surface area contributed by atoms with Gasteiger partial charge in [-0.25, -0.2) is 0 Å². The fourth-order valence-electron chi connectivity index (χ4n) is 1.61. The van der Waals surface area contributed by atoms with Crippen molar-refractivity contribution in [2.24, 2.45) is 0 Å². The quantitative estimate of drug-likeness (QED) is 0.678. The van der Waals surface area contributed by atoms with Gasteiger partial charge in [0, 0.05) is 13.1 Å². The van der Waals surface area contributed by atoms with E-state index < -0.39 is 0 Å². The minimum absolute atomic E-state index is 0.204. The normalized spacial score (nSPS) is 22.8. The first-order valence-corrected chi connectivity index (χ1v) is 5.72. The Labute approximate surface area is 99.6 Å². The van der Waals surface area contributed by atoms with Gasteiger partial charge in [0.1, 0.15) is 0 Å². The van der Waals surface area contributed by atoms with Gasteiger partial charge in [-0.15, -0.1) is 0 Å². The Hall–Kier alpha value is -1.63. The third-order valence-electron chi connectivity index (χ3n) is 2.56. The van der Waals surface area contributed by atoms with E-state index in [0.29, 0.717) is 24.5 Å². The highest BCUT2D eigenvalue weighted by atomic mass is 16.5. The van der Waals surface area contributed by atoms with Crippen LogP contribution in [0.15, 0.2) is 0 Å². The van der Waals surface area contributed by atoms with E-state index in [1.165, 1.54) is 0 Å². The molecule has 1 heterocycles. The van der Waals surface area contributed by atoms with E-state index >= 15 is 0 Å². The Balaban J connectivity index is 2.06. The highest BCUT2D eigenvalue weighted by Gasteiger charge is 2.27. The van der Waals surface area contributed by atoms with Crippen LogP contribution in [0.1, 0.15) is 19.8 Å². The Kier molecular flexibility index (Phi) is 3.58. The van der Waals surface area contributed by atoms with Gasteiger partial charge in [0.05, 0.1) is 12.7 Å². The second kappa shape index (κ2) is 5.13. The van der Waals surface area contributed by atoms with Gasteiger partial charge in [-0.05, 0) is 19.8 Å². The molecular weight excluding hydrogens is 222 g/mol. The molecule has 0 aromatic carbocycles. The summed E-state index contributed by atoms with van der Waals surface area (Å²) < 4.78 is 5.25. The first kappa shape index (κ1) is 11.8. The van der Waals surface area contributed by atoms with Gasteiger partial charge in [0.2, 0.25) is 11.9 Å². The number of ether oxygens (including phenoxy) is 1. The maximum atomic E-state index is 9.21. The summed E-state index contributed by atoms with van der Waals surface area (Å²) in [6.45, 7) is 2.38. The summed E-state index contributed by atoms with van der Waals surface area (Å²) in [6, 6.07) is 0.529. The van der Waals surface area contributed by atoms with Crippen molar-refractivity contribution in [3.63, 3.8) is 0 Å². The molecule has 17 heavy (non-hydrogen) atoms. The van der Waals surface area contributed by atoms with Gasteiger partial charge in [0.25, 0.3) is 0 Å². The Morgan fingerprint density at radius 2 is 2.00 bits per heavy atom. The Morgan fingerprint density at radius 1 is 1.29 bits per heavy atom. The predicted molar refractivity (Wildman–Crippen MR) is 63.2 cm³/mol. The van der Waals surface area contributed by atoms with E-state index in [-0.39, 0.29) is 12.1 Å². The fraction of sp³-hybridized carbons (Fsp3) is 0.700. The first-order valence-electron chi connectivity index (χ1n) is 5.72. The topological polar surface area (TPSA) is 92.2 Å². The molecule has 94 valence electrons. The van der Waals surface area contributed by atoms with E-state index in [9.17, 15) is 5.11 Å². The predicted octanol–water partition coefficient (Wildman–Crippen LogP) is 0.247. The van der Waals surface area contributed by atoms with Crippen LogP contribution in [0.3, 0.4) is 0 Å². The summed E-state index contributed by atoms with van der Waals surface area (Å²) in [5.41, 5.74) is 0. The molecule has 7 heteroatoms. The number of rotatable bonds is 5. The molecule has 0 saturated heterocycles. The summed E-state index contributed by atoms with van der Waals surface area (Å²) >= 11 is 0. The molecule has 3 N–H and O–H groups in total. The number of hydrogen-bond donors (Lipinski definition) is 3. The fourth-order valence-corrected chi connectivity index (χ4v) is 1.61. The van der Waals surface area contributed by atoms with Crippen molar-refractivity contribution in [2.45, 2.75) is 31.9 Å². The smallest absolute Gasteiger partial charge is 0.323 e. The van der Waals surface area contributed by atoms with Crippen LogP contribution >= 0.6 is 0 Å². The Bertz CT molecular complexity index is 381. The number of nitrogens with zero attached hydrogens (tertiary/aromatic N) is 3. The average Bonchev–Trinajstić information content (AvgIpc) is 2.27. The highest BCUT2D eigenvalue weighted by Crippen LogP contribution is 2.23. The number of anilines is 2. The van der Waals surface area contributed by atoms with Crippen LogP contribution < -0.4 is 15.4 Å². The van der Waals surface area contributed by atoms with E-state index in [1.807, 2.05) is 6.92 Å². The van der Waals surface area contributed by atoms with Crippen LogP contribution in [0.5, 0.6) is 6.01 Å². The van der Waals surface area contributed by atoms with Crippen LogP contribution in [0.25, 0.3) is 0 Å². The third kappa shape index (κ3) is 2.94. The molecule has 1 aromatic heterocycles. The van der Waals surface area contributed by atoms with Crippen LogP contribution in [-0.4, -0.2) is 45.9 Å². The molecule has 0 unspecified atom stereocenters. The van der Waals surface area contributed by atoms with E-state index in [0.717, 1.165) is 12.8 Å². The molecule has 2 rings (SSSR count). The molecule has 1 aromatic rings. The van der Waals surface area contributed by atoms with Crippen molar-refractivity contribution < 1.29 is 9.84 Å². The lowest BCUT2D eigenvalue weighted by atomic mass is 9.90. The number of hydrogen-bond acceptors (Lipinski definition) is 7.